The largest absolute Gasteiger partial charge is 0.322 e. The second-order valence-electron chi connectivity index (χ2n) is 5.72. The van der Waals surface area contributed by atoms with Crippen LogP contribution >= 0.6 is 0 Å². The maximum atomic E-state index is 12.3. The molecule has 0 saturated carbocycles. The Morgan fingerprint density at radius 1 is 1.00 bits per heavy atom. The summed E-state index contributed by atoms with van der Waals surface area (Å²) in [5.41, 5.74) is 3.37. The molecule has 0 radical (unpaired) electrons. The van der Waals surface area contributed by atoms with Crippen LogP contribution in [0.5, 0.6) is 0 Å². The van der Waals surface area contributed by atoms with Gasteiger partial charge in [0.2, 0.25) is 10.0 Å². The Balaban J connectivity index is 2.21. The van der Waals surface area contributed by atoms with E-state index in [0.717, 1.165) is 5.56 Å². The molecule has 1 amide bonds. The lowest BCUT2D eigenvalue weighted by Gasteiger charge is -2.14. The summed E-state index contributed by atoms with van der Waals surface area (Å²) >= 11 is 0. The minimum absolute atomic E-state index is 0.0619. The van der Waals surface area contributed by atoms with E-state index in [2.05, 4.69) is 10.0 Å². The van der Waals surface area contributed by atoms with Gasteiger partial charge < -0.3 is 5.32 Å². The van der Waals surface area contributed by atoms with Crippen molar-refractivity contribution in [2.45, 2.75) is 27.2 Å². The number of hydrogen-bond donors (Lipinski definition) is 2. The zero-order valence-electron chi connectivity index (χ0n) is 14.1. The molecular weight excluding hydrogens is 324 g/mol. The molecule has 0 unspecified atom stereocenters. The first-order chi connectivity index (χ1) is 11.3. The molecular formula is C18H22N2O3S. The van der Waals surface area contributed by atoms with E-state index in [4.69, 9.17) is 0 Å². The molecule has 0 aliphatic heterocycles. The number of nitrogens with one attached hydrogen (secondary N) is 2. The van der Waals surface area contributed by atoms with Crippen molar-refractivity contribution in [1.82, 2.24) is 0 Å². The molecule has 0 fully saturated rings. The Morgan fingerprint density at radius 3 is 2.25 bits per heavy atom. The van der Waals surface area contributed by atoms with Crippen LogP contribution in [0.15, 0.2) is 42.5 Å². The predicted octanol–water partition coefficient (Wildman–Crippen LogP) is 3.71. The number of sulfonamides is 1. The normalized spacial score (nSPS) is 11.1. The van der Waals surface area contributed by atoms with E-state index in [1.54, 1.807) is 37.3 Å². The average Bonchev–Trinajstić information content (AvgIpc) is 2.51. The standard InChI is InChI=1S/C18H22N2O3S/c1-4-12-24(22,23)20-17-7-5-6-16(14(17)3)19-18(21)15-10-8-13(2)9-11-15/h5-11,20H,4,12H2,1-3H3,(H,19,21). The molecule has 2 rings (SSSR count). The Hall–Kier alpha value is -2.34. The molecule has 0 aliphatic rings. The summed E-state index contributed by atoms with van der Waals surface area (Å²) in [6.07, 6.45) is 0.540. The van der Waals surface area contributed by atoms with Gasteiger partial charge in [0.15, 0.2) is 0 Å². The minimum atomic E-state index is -3.37. The predicted molar refractivity (Wildman–Crippen MR) is 98.0 cm³/mol. The topological polar surface area (TPSA) is 75.3 Å². The first-order valence-corrected chi connectivity index (χ1v) is 9.46. The molecule has 2 aromatic carbocycles. The smallest absolute Gasteiger partial charge is 0.255 e. The van der Waals surface area contributed by atoms with Gasteiger partial charge in [-0.3, -0.25) is 9.52 Å². The van der Waals surface area contributed by atoms with Crippen molar-refractivity contribution in [3.05, 3.63) is 59.2 Å². The molecule has 0 bridgehead atoms. The maximum absolute atomic E-state index is 12.3. The summed E-state index contributed by atoms with van der Waals surface area (Å²) < 4.78 is 26.5. The Kier molecular flexibility index (Phi) is 5.62. The maximum Gasteiger partial charge on any atom is 0.255 e. The van der Waals surface area contributed by atoms with Crippen LogP contribution in [0.1, 0.15) is 34.8 Å². The van der Waals surface area contributed by atoms with Crippen molar-refractivity contribution in [3.8, 4) is 0 Å². The van der Waals surface area contributed by atoms with Gasteiger partial charge in [-0.2, -0.15) is 0 Å². The fraction of sp³-hybridized carbons (Fsp3) is 0.278. The van der Waals surface area contributed by atoms with Gasteiger partial charge in [0, 0.05) is 11.3 Å². The van der Waals surface area contributed by atoms with E-state index < -0.39 is 10.0 Å². The highest BCUT2D eigenvalue weighted by Crippen LogP contribution is 2.25. The lowest BCUT2D eigenvalue weighted by molar-refractivity contribution is 0.102. The molecule has 6 heteroatoms. The van der Waals surface area contributed by atoms with Gasteiger partial charge in [-0.05, 0) is 50.1 Å². The number of aryl methyl sites for hydroxylation is 1. The molecule has 2 N–H and O–H groups in total. The van der Waals surface area contributed by atoms with Gasteiger partial charge in [-0.15, -0.1) is 0 Å². The zero-order chi connectivity index (χ0) is 17.7. The number of anilines is 2. The number of rotatable bonds is 6. The Bertz CT molecular complexity index is 828. The highest BCUT2D eigenvalue weighted by atomic mass is 32.2. The van der Waals surface area contributed by atoms with Crippen molar-refractivity contribution < 1.29 is 13.2 Å². The minimum Gasteiger partial charge on any atom is -0.322 e. The number of hydrogen-bond acceptors (Lipinski definition) is 3. The lowest BCUT2D eigenvalue weighted by Crippen LogP contribution is -2.18. The molecule has 0 aromatic heterocycles. The van der Waals surface area contributed by atoms with Crippen LogP contribution in [0.3, 0.4) is 0 Å². The molecule has 0 saturated heterocycles. The van der Waals surface area contributed by atoms with Crippen molar-refractivity contribution in [2.24, 2.45) is 0 Å². The van der Waals surface area contributed by atoms with Crippen molar-refractivity contribution in [2.75, 3.05) is 15.8 Å². The summed E-state index contributed by atoms with van der Waals surface area (Å²) in [5.74, 6) is -0.168. The van der Waals surface area contributed by atoms with Crippen LogP contribution in [-0.4, -0.2) is 20.1 Å². The number of carbonyl (C=O) groups is 1. The number of benzene rings is 2. The second-order valence-corrected chi connectivity index (χ2v) is 7.56. The summed E-state index contributed by atoms with van der Waals surface area (Å²) in [5, 5.41) is 2.83. The summed E-state index contributed by atoms with van der Waals surface area (Å²) in [6.45, 7) is 5.54. The van der Waals surface area contributed by atoms with Gasteiger partial charge in [0.05, 0.1) is 11.4 Å². The molecule has 0 aliphatic carbocycles. The average molecular weight is 346 g/mol. The number of amides is 1. The SMILES string of the molecule is CCCS(=O)(=O)Nc1cccc(NC(=O)c2ccc(C)cc2)c1C. The van der Waals surface area contributed by atoms with Crippen LogP contribution in [0, 0.1) is 13.8 Å². The quantitative estimate of drug-likeness (QED) is 0.837. The van der Waals surface area contributed by atoms with Crippen LogP contribution in [0.2, 0.25) is 0 Å². The molecule has 128 valence electrons. The van der Waals surface area contributed by atoms with E-state index in [9.17, 15) is 13.2 Å². The molecule has 0 spiro atoms. The highest BCUT2D eigenvalue weighted by Gasteiger charge is 2.13. The second kappa shape index (κ2) is 7.49. The van der Waals surface area contributed by atoms with Crippen molar-refractivity contribution in [1.29, 1.82) is 0 Å². The first kappa shape index (κ1) is 18.0. The van der Waals surface area contributed by atoms with E-state index in [-0.39, 0.29) is 11.7 Å². The van der Waals surface area contributed by atoms with Gasteiger partial charge in [-0.25, -0.2) is 8.42 Å². The first-order valence-electron chi connectivity index (χ1n) is 7.80. The van der Waals surface area contributed by atoms with E-state index in [1.807, 2.05) is 26.0 Å². The van der Waals surface area contributed by atoms with E-state index in [0.29, 0.717) is 28.9 Å². The van der Waals surface area contributed by atoms with Crippen molar-refractivity contribution >= 4 is 27.3 Å². The molecule has 2 aromatic rings. The van der Waals surface area contributed by atoms with Crippen LogP contribution in [0.4, 0.5) is 11.4 Å². The van der Waals surface area contributed by atoms with Crippen LogP contribution in [0.25, 0.3) is 0 Å². The fourth-order valence-corrected chi connectivity index (χ4v) is 3.46. The lowest BCUT2D eigenvalue weighted by atomic mass is 10.1. The number of carbonyl (C=O) groups excluding carboxylic acids is 1. The van der Waals surface area contributed by atoms with E-state index >= 15 is 0 Å². The third-order valence-electron chi connectivity index (χ3n) is 3.63. The summed E-state index contributed by atoms with van der Waals surface area (Å²) in [6, 6.07) is 12.4. The van der Waals surface area contributed by atoms with Gasteiger partial charge in [-0.1, -0.05) is 30.7 Å². The third-order valence-corrected chi connectivity index (χ3v) is 5.11. The monoisotopic (exact) mass is 346 g/mol. The van der Waals surface area contributed by atoms with Crippen molar-refractivity contribution in [3.63, 3.8) is 0 Å². The molecule has 5 nitrogen and oxygen atoms in total. The third kappa shape index (κ3) is 4.58. The van der Waals surface area contributed by atoms with Crippen LogP contribution in [-0.2, 0) is 10.0 Å². The Labute approximate surface area is 143 Å². The summed E-state index contributed by atoms with van der Waals surface area (Å²) in [4.78, 5) is 12.3. The fourth-order valence-electron chi connectivity index (χ4n) is 2.27. The van der Waals surface area contributed by atoms with Gasteiger partial charge in [0.1, 0.15) is 0 Å². The molecule has 24 heavy (non-hydrogen) atoms. The molecule has 0 atom stereocenters. The molecule has 0 heterocycles. The zero-order valence-corrected chi connectivity index (χ0v) is 14.9. The van der Waals surface area contributed by atoms with Gasteiger partial charge >= 0.3 is 0 Å². The van der Waals surface area contributed by atoms with E-state index in [1.165, 1.54) is 0 Å². The van der Waals surface area contributed by atoms with Crippen LogP contribution < -0.4 is 10.0 Å². The van der Waals surface area contributed by atoms with Gasteiger partial charge in [0.25, 0.3) is 5.91 Å². The highest BCUT2D eigenvalue weighted by molar-refractivity contribution is 7.92. The Morgan fingerprint density at radius 2 is 1.62 bits per heavy atom. The summed E-state index contributed by atoms with van der Waals surface area (Å²) in [7, 11) is -3.37.